The van der Waals surface area contributed by atoms with Gasteiger partial charge in [0.2, 0.25) is 10.0 Å². The number of sulfonamides is 1. The third-order valence-corrected chi connectivity index (χ3v) is 7.12. The van der Waals surface area contributed by atoms with Crippen LogP contribution in [-0.2, 0) is 10.0 Å². The van der Waals surface area contributed by atoms with Crippen LogP contribution in [0.15, 0.2) is 47.5 Å². The van der Waals surface area contributed by atoms with E-state index >= 15 is 0 Å². The fraction of sp³-hybridized carbons (Fsp3) is 0.421. The third-order valence-electron chi connectivity index (χ3n) is 5.20. The second kappa shape index (κ2) is 8.24. The van der Waals surface area contributed by atoms with Gasteiger partial charge in [0.25, 0.3) is 5.69 Å². The normalized spacial score (nSPS) is 16.7. The van der Waals surface area contributed by atoms with E-state index in [1.54, 1.807) is 18.2 Å². The van der Waals surface area contributed by atoms with Gasteiger partial charge in [0.15, 0.2) is 0 Å². The number of benzene rings is 1. The van der Waals surface area contributed by atoms with Gasteiger partial charge in [-0.1, -0.05) is 26.0 Å². The highest BCUT2D eigenvalue weighted by atomic mass is 32.2. The molecule has 3 rings (SSSR count). The molecule has 0 bridgehead atoms. The summed E-state index contributed by atoms with van der Waals surface area (Å²) in [6.07, 6.45) is 2.22. The first kappa shape index (κ1) is 20.2. The molecule has 1 unspecified atom stereocenters. The van der Waals surface area contributed by atoms with E-state index in [1.165, 1.54) is 16.6 Å². The van der Waals surface area contributed by atoms with E-state index in [2.05, 4.69) is 18.8 Å². The Bertz CT molecular complexity index is 921. The minimum Gasteiger partial charge on any atom is -0.354 e. The SMILES string of the molecule is CCC(C)c1ccc(S(=O)(=O)N2CCN(c3ccc([N+](=O)[O-])cn3)CC2)cc1. The number of piperazine rings is 1. The van der Waals surface area contributed by atoms with Crippen molar-refractivity contribution >= 4 is 21.5 Å². The largest absolute Gasteiger partial charge is 0.354 e. The summed E-state index contributed by atoms with van der Waals surface area (Å²) < 4.78 is 27.3. The van der Waals surface area contributed by atoms with Gasteiger partial charge in [-0.2, -0.15) is 4.31 Å². The average Bonchev–Trinajstić information content (AvgIpc) is 2.73. The zero-order valence-corrected chi connectivity index (χ0v) is 16.8. The Morgan fingerprint density at radius 2 is 1.75 bits per heavy atom. The summed E-state index contributed by atoms with van der Waals surface area (Å²) in [5.74, 6) is 1.01. The smallest absolute Gasteiger partial charge is 0.287 e. The van der Waals surface area contributed by atoms with Crippen molar-refractivity contribution in [1.29, 1.82) is 0 Å². The summed E-state index contributed by atoms with van der Waals surface area (Å²) >= 11 is 0. The molecule has 1 aromatic heterocycles. The lowest BCUT2D eigenvalue weighted by Crippen LogP contribution is -2.48. The molecule has 0 radical (unpaired) electrons. The number of rotatable bonds is 6. The van der Waals surface area contributed by atoms with Crippen LogP contribution in [0, 0.1) is 10.1 Å². The number of hydrogen-bond acceptors (Lipinski definition) is 6. The van der Waals surface area contributed by atoms with E-state index < -0.39 is 14.9 Å². The predicted molar refractivity (Wildman–Crippen MR) is 107 cm³/mol. The first-order chi connectivity index (χ1) is 13.3. The van der Waals surface area contributed by atoms with Crippen LogP contribution in [0.1, 0.15) is 31.7 Å². The number of nitrogens with zero attached hydrogens (tertiary/aromatic N) is 4. The van der Waals surface area contributed by atoms with Crippen molar-refractivity contribution in [2.75, 3.05) is 31.1 Å². The molecule has 1 fully saturated rings. The summed E-state index contributed by atoms with van der Waals surface area (Å²) in [6.45, 7) is 5.87. The van der Waals surface area contributed by atoms with Crippen molar-refractivity contribution < 1.29 is 13.3 Å². The molecule has 2 heterocycles. The maximum atomic E-state index is 12.9. The molecule has 9 heteroatoms. The highest BCUT2D eigenvalue weighted by molar-refractivity contribution is 7.89. The quantitative estimate of drug-likeness (QED) is 0.542. The minimum atomic E-state index is -3.54. The summed E-state index contributed by atoms with van der Waals surface area (Å²) in [7, 11) is -3.54. The van der Waals surface area contributed by atoms with Crippen LogP contribution in [0.3, 0.4) is 0 Å². The Morgan fingerprint density at radius 1 is 1.11 bits per heavy atom. The van der Waals surface area contributed by atoms with Gasteiger partial charge < -0.3 is 4.90 Å². The Morgan fingerprint density at radius 3 is 2.25 bits per heavy atom. The number of hydrogen-bond donors (Lipinski definition) is 0. The van der Waals surface area contributed by atoms with E-state index in [1.807, 2.05) is 17.0 Å². The van der Waals surface area contributed by atoms with Crippen molar-refractivity contribution in [2.24, 2.45) is 0 Å². The van der Waals surface area contributed by atoms with Crippen LogP contribution in [0.5, 0.6) is 0 Å². The fourth-order valence-corrected chi connectivity index (χ4v) is 4.61. The second-order valence-electron chi connectivity index (χ2n) is 6.90. The van der Waals surface area contributed by atoms with Crippen LogP contribution >= 0.6 is 0 Å². The van der Waals surface area contributed by atoms with Gasteiger partial charge in [-0.3, -0.25) is 10.1 Å². The second-order valence-corrected chi connectivity index (χ2v) is 8.84. The Hall–Kier alpha value is -2.52. The summed E-state index contributed by atoms with van der Waals surface area (Å²) in [6, 6.07) is 10.1. The van der Waals surface area contributed by atoms with E-state index in [0.29, 0.717) is 42.8 Å². The Balaban J connectivity index is 1.67. The topological polar surface area (TPSA) is 96.7 Å². The first-order valence-electron chi connectivity index (χ1n) is 9.28. The molecular formula is C19H24N4O4S. The number of nitro groups is 1. The maximum Gasteiger partial charge on any atom is 0.287 e. The zero-order chi connectivity index (χ0) is 20.3. The van der Waals surface area contributed by atoms with Gasteiger partial charge >= 0.3 is 0 Å². The van der Waals surface area contributed by atoms with Crippen LogP contribution in [0.4, 0.5) is 11.5 Å². The van der Waals surface area contributed by atoms with Gasteiger partial charge in [-0.25, -0.2) is 13.4 Å². The Kier molecular flexibility index (Phi) is 5.95. The third kappa shape index (κ3) is 4.15. The van der Waals surface area contributed by atoms with E-state index in [4.69, 9.17) is 0 Å². The molecular weight excluding hydrogens is 380 g/mol. The summed E-state index contributed by atoms with van der Waals surface area (Å²) in [4.78, 5) is 16.6. The molecule has 8 nitrogen and oxygen atoms in total. The highest BCUT2D eigenvalue weighted by Crippen LogP contribution is 2.24. The molecule has 0 spiro atoms. The monoisotopic (exact) mass is 404 g/mol. The van der Waals surface area contributed by atoms with Crippen molar-refractivity contribution in [3.05, 3.63) is 58.3 Å². The summed E-state index contributed by atoms with van der Waals surface area (Å²) in [5.41, 5.74) is 1.07. The lowest BCUT2D eigenvalue weighted by Gasteiger charge is -2.34. The number of anilines is 1. The zero-order valence-electron chi connectivity index (χ0n) is 16.0. The van der Waals surface area contributed by atoms with Crippen LogP contribution in [0.25, 0.3) is 0 Å². The molecule has 1 aliphatic rings. The van der Waals surface area contributed by atoms with E-state index in [-0.39, 0.29) is 5.69 Å². The highest BCUT2D eigenvalue weighted by Gasteiger charge is 2.29. The van der Waals surface area contributed by atoms with Crippen LogP contribution in [-0.4, -0.2) is 48.8 Å². The first-order valence-corrected chi connectivity index (χ1v) is 10.7. The lowest BCUT2D eigenvalue weighted by atomic mass is 9.99. The lowest BCUT2D eigenvalue weighted by molar-refractivity contribution is -0.385. The van der Waals surface area contributed by atoms with Gasteiger partial charge in [-0.05, 0) is 36.1 Å². The molecule has 1 aliphatic heterocycles. The van der Waals surface area contributed by atoms with Gasteiger partial charge in [0.05, 0.1) is 9.82 Å². The standard InChI is InChI=1S/C19H24N4O4S/c1-3-15(2)16-4-7-18(8-5-16)28(26,27)22-12-10-21(11-13-22)19-9-6-17(14-20-19)23(24)25/h4-9,14-15H,3,10-13H2,1-2H3. The predicted octanol–water partition coefficient (Wildman–Crippen LogP) is 3.01. The minimum absolute atomic E-state index is 0.0641. The molecule has 1 aromatic carbocycles. The van der Waals surface area contributed by atoms with Crippen molar-refractivity contribution in [2.45, 2.75) is 31.1 Å². The maximum absolute atomic E-state index is 12.9. The van der Waals surface area contributed by atoms with Gasteiger partial charge in [0, 0.05) is 32.2 Å². The molecule has 2 aromatic rings. The molecule has 0 N–H and O–H groups in total. The molecule has 150 valence electrons. The van der Waals surface area contributed by atoms with E-state index in [0.717, 1.165) is 12.0 Å². The fourth-order valence-electron chi connectivity index (χ4n) is 3.18. The average molecular weight is 404 g/mol. The number of pyridine rings is 1. The van der Waals surface area contributed by atoms with Crippen LogP contribution in [0.2, 0.25) is 0 Å². The molecule has 28 heavy (non-hydrogen) atoms. The molecule has 0 amide bonds. The van der Waals surface area contributed by atoms with Crippen molar-refractivity contribution in [3.8, 4) is 0 Å². The molecule has 0 saturated carbocycles. The van der Waals surface area contributed by atoms with E-state index in [9.17, 15) is 18.5 Å². The Labute approximate surface area is 165 Å². The van der Waals surface area contributed by atoms with Crippen molar-refractivity contribution in [3.63, 3.8) is 0 Å². The van der Waals surface area contributed by atoms with Gasteiger partial charge in [0.1, 0.15) is 12.0 Å². The van der Waals surface area contributed by atoms with Crippen LogP contribution < -0.4 is 4.90 Å². The number of aromatic nitrogens is 1. The summed E-state index contributed by atoms with van der Waals surface area (Å²) in [5, 5.41) is 10.7. The van der Waals surface area contributed by atoms with Gasteiger partial charge in [-0.15, -0.1) is 0 Å². The molecule has 1 saturated heterocycles. The molecule has 1 atom stereocenters. The van der Waals surface area contributed by atoms with Crippen molar-refractivity contribution in [1.82, 2.24) is 9.29 Å². The molecule has 0 aliphatic carbocycles.